The number of aliphatic hydroxyl groups excluding tert-OH is 1. The first-order valence-electron chi connectivity index (χ1n) is 17.4. The zero-order valence-corrected chi connectivity index (χ0v) is 29.2. The summed E-state index contributed by atoms with van der Waals surface area (Å²) in [6, 6.07) is 6.05. The molecule has 11 nitrogen and oxygen atoms in total. The summed E-state index contributed by atoms with van der Waals surface area (Å²) < 4.78 is 12.4. The molecule has 1 aromatic rings. The van der Waals surface area contributed by atoms with E-state index in [2.05, 4.69) is 37.2 Å². The minimum absolute atomic E-state index is 0.126. The number of benzene rings is 1. The third kappa shape index (κ3) is 7.32. The molecule has 7 atom stereocenters. The van der Waals surface area contributed by atoms with Crippen molar-refractivity contribution in [2.75, 3.05) is 42.6 Å². The van der Waals surface area contributed by atoms with E-state index in [4.69, 9.17) is 9.47 Å². The number of esters is 1. The Morgan fingerprint density at radius 3 is 2.38 bits per heavy atom. The van der Waals surface area contributed by atoms with Gasteiger partial charge in [-0.05, 0) is 76.6 Å². The fourth-order valence-electron chi connectivity index (χ4n) is 7.78. The number of likely N-dealkylation sites (tertiary alicyclic amines) is 1. The van der Waals surface area contributed by atoms with Crippen molar-refractivity contribution < 1.29 is 33.8 Å². The molecule has 264 valence electrons. The Morgan fingerprint density at radius 1 is 1.12 bits per heavy atom. The van der Waals surface area contributed by atoms with Crippen molar-refractivity contribution in [3.05, 3.63) is 49.6 Å². The van der Waals surface area contributed by atoms with Crippen molar-refractivity contribution in [2.45, 2.75) is 96.6 Å². The number of rotatable bonds is 18. The first-order valence-corrected chi connectivity index (χ1v) is 17.4. The highest BCUT2D eigenvalue weighted by atomic mass is 16.6. The Bertz CT molecular complexity index is 1330. The van der Waals surface area contributed by atoms with Gasteiger partial charge in [-0.1, -0.05) is 26.0 Å². The minimum atomic E-state index is -1.25. The fraction of sp³-hybridized carbons (Fsp3) is 0.622. The smallest absolute Gasteiger partial charge is 0.312 e. The first-order chi connectivity index (χ1) is 23.0. The summed E-state index contributed by atoms with van der Waals surface area (Å²) in [6.07, 6.45) is 4.29. The number of nitrogens with zero attached hydrogens (tertiary/aromatic N) is 3. The quantitative estimate of drug-likeness (QED) is 0.179. The molecule has 2 N–H and O–H groups in total. The average molecular weight is 667 g/mol. The Kier molecular flexibility index (Phi) is 12.5. The summed E-state index contributed by atoms with van der Waals surface area (Å²) in [4.78, 5) is 60.6. The van der Waals surface area contributed by atoms with Crippen LogP contribution in [-0.2, 0) is 28.7 Å². The van der Waals surface area contributed by atoms with E-state index in [-0.39, 0.29) is 43.3 Å². The van der Waals surface area contributed by atoms with Crippen LogP contribution in [0.4, 0.5) is 11.4 Å². The van der Waals surface area contributed by atoms with E-state index in [1.54, 1.807) is 24.0 Å². The van der Waals surface area contributed by atoms with E-state index in [9.17, 15) is 24.3 Å². The molecule has 3 saturated heterocycles. The minimum Gasteiger partial charge on any atom is -0.460 e. The van der Waals surface area contributed by atoms with Crippen LogP contribution in [0.25, 0.3) is 0 Å². The zero-order chi connectivity index (χ0) is 35.2. The highest BCUT2D eigenvalue weighted by Gasteiger charge is 2.75. The molecule has 0 radical (unpaired) electrons. The molecular formula is C37H54N4O7. The van der Waals surface area contributed by atoms with Crippen molar-refractivity contribution in [1.29, 1.82) is 0 Å². The maximum absolute atomic E-state index is 14.9. The lowest BCUT2D eigenvalue weighted by atomic mass is 9.70. The lowest BCUT2D eigenvalue weighted by molar-refractivity contribution is -0.159. The Labute approximate surface area is 285 Å². The molecule has 2 bridgehead atoms. The molecule has 0 saturated carbocycles. The van der Waals surface area contributed by atoms with E-state index >= 15 is 0 Å². The molecule has 3 heterocycles. The summed E-state index contributed by atoms with van der Waals surface area (Å²) in [7, 11) is 0. The lowest BCUT2D eigenvalue weighted by Crippen LogP contribution is -2.59. The van der Waals surface area contributed by atoms with Gasteiger partial charge in [0.05, 0.1) is 37.1 Å². The topological polar surface area (TPSA) is 129 Å². The van der Waals surface area contributed by atoms with Gasteiger partial charge in [0.25, 0.3) is 5.91 Å². The molecule has 0 unspecified atom stereocenters. The molecule has 11 heteroatoms. The van der Waals surface area contributed by atoms with Gasteiger partial charge in [0.2, 0.25) is 11.8 Å². The highest BCUT2D eigenvalue weighted by Crippen LogP contribution is 2.59. The van der Waals surface area contributed by atoms with Crippen molar-refractivity contribution in [3.63, 3.8) is 0 Å². The summed E-state index contributed by atoms with van der Waals surface area (Å²) in [5, 5.41) is 13.4. The number of fused-ring (bicyclic) bond motifs is 1. The van der Waals surface area contributed by atoms with Crippen LogP contribution < -0.4 is 15.1 Å². The number of anilines is 2. The Balaban J connectivity index is 1.67. The predicted octanol–water partition coefficient (Wildman–Crippen LogP) is 3.85. The van der Waals surface area contributed by atoms with Crippen LogP contribution in [0.15, 0.2) is 49.6 Å². The molecule has 0 aliphatic carbocycles. The van der Waals surface area contributed by atoms with Crippen molar-refractivity contribution in [1.82, 2.24) is 10.2 Å². The molecule has 4 rings (SSSR count). The third-order valence-electron chi connectivity index (χ3n) is 9.94. The van der Waals surface area contributed by atoms with E-state index < -0.39 is 47.7 Å². The number of carbonyl (C=O) groups is 4. The normalized spacial score (nSPS) is 25.4. The SMILES string of the molecule is C=CCCC(=O)NC[C@@H](C)OC(=O)[C@@H]1[C@@H]2CC[C@]3(O2)[C@H](C(=O)N(CC=C)c2ccc(N(CC)CC)cc2)N([C@@H](CO)CC(C)C)C(=O)[C@@H]13. The second kappa shape index (κ2) is 16.1. The summed E-state index contributed by atoms with van der Waals surface area (Å²) in [6.45, 7) is 19.1. The van der Waals surface area contributed by atoms with Crippen LogP contribution in [0.2, 0.25) is 0 Å². The van der Waals surface area contributed by atoms with Crippen LogP contribution in [0.3, 0.4) is 0 Å². The van der Waals surface area contributed by atoms with Crippen LogP contribution in [0.5, 0.6) is 0 Å². The Hall–Kier alpha value is -3.70. The van der Waals surface area contributed by atoms with Crippen LogP contribution in [0, 0.1) is 17.8 Å². The number of allylic oxidation sites excluding steroid dienone is 1. The van der Waals surface area contributed by atoms with Crippen LogP contribution in [0.1, 0.15) is 66.7 Å². The summed E-state index contributed by atoms with van der Waals surface area (Å²) in [5.41, 5.74) is 0.434. The number of hydrogen-bond acceptors (Lipinski definition) is 8. The van der Waals surface area contributed by atoms with E-state index in [0.29, 0.717) is 37.8 Å². The van der Waals surface area contributed by atoms with Crippen LogP contribution >= 0.6 is 0 Å². The van der Waals surface area contributed by atoms with Crippen LogP contribution in [-0.4, -0.2) is 96.4 Å². The fourth-order valence-corrected chi connectivity index (χ4v) is 7.78. The number of carbonyl (C=O) groups excluding carboxylic acids is 4. The molecule has 3 amide bonds. The third-order valence-corrected chi connectivity index (χ3v) is 9.94. The summed E-state index contributed by atoms with van der Waals surface area (Å²) >= 11 is 0. The standard InChI is InChI=1S/C37H54N4O7/c1-8-12-13-30(43)38-22-25(7)47-36(46)31-29-18-19-37(48-29)32(31)34(44)41(28(23-42)21-24(5)6)33(37)35(45)40(20-9-2)27-16-14-26(15-17-27)39(10-3)11-4/h8-9,14-17,24-25,28-29,31-33,42H,1-2,10-13,18-23H2,3-7H3,(H,38,43)/t25-,28-,29+,31-,32-,33+,37-/m1/s1. The monoisotopic (exact) mass is 666 g/mol. The molecule has 1 spiro atoms. The van der Waals surface area contributed by atoms with E-state index in [1.807, 2.05) is 38.1 Å². The second-order valence-electron chi connectivity index (χ2n) is 13.6. The van der Waals surface area contributed by atoms with Gasteiger partial charge < -0.3 is 34.6 Å². The van der Waals surface area contributed by atoms with Gasteiger partial charge >= 0.3 is 5.97 Å². The van der Waals surface area contributed by atoms with Gasteiger partial charge in [-0.25, -0.2) is 0 Å². The van der Waals surface area contributed by atoms with Gasteiger partial charge in [-0.3, -0.25) is 19.2 Å². The summed E-state index contributed by atoms with van der Waals surface area (Å²) in [5.74, 6) is -3.20. The van der Waals surface area contributed by atoms with Crippen molar-refractivity contribution in [3.8, 4) is 0 Å². The number of ether oxygens (including phenoxy) is 2. The average Bonchev–Trinajstić information content (AvgIpc) is 3.72. The van der Waals surface area contributed by atoms with Gasteiger partial charge in [-0.15, -0.1) is 13.2 Å². The number of hydrogen-bond donors (Lipinski definition) is 2. The van der Waals surface area contributed by atoms with Gasteiger partial charge in [0.15, 0.2) is 0 Å². The van der Waals surface area contributed by atoms with Gasteiger partial charge in [-0.2, -0.15) is 0 Å². The molecule has 3 fully saturated rings. The first kappa shape index (κ1) is 37.1. The molecule has 3 aliphatic rings. The highest BCUT2D eigenvalue weighted by molar-refractivity contribution is 6.05. The maximum atomic E-state index is 14.9. The predicted molar refractivity (Wildman–Crippen MR) is 185 cm³/mol. The Morgan fingerprint density at radius 2 is 1.79 bits per heavy atom. The van der Waals surface area contributed by atoms with Crippen molar-refractivity contribution in [2.24, 2.45) is 17.8 Å². The largest absolute Gasteiger partial charge is 0.460 e. The van der Waals surface area contributed by atoms with Gasteiger partial charge in [0.1, 0.15) is 17.7 Å². The van der Waals surface area contributed by atoms with E-state index in [1.165, 1.54) is 4.90 Å². The molecular weight excluding hydrogens is 612 g/mol. The zero-order valence-electron chi connectivity index (χ0n) is 29.2. The molecule has 1 aromatic carbocycles. The second-order valence-corrected chi connectivity index (χ2v) is 13.6. The van der Waals surface area contributed by atoms with Crippen molar-refractivity contribution >= 4 is 35.1 Å². The number of amides is 3. The molecule has 3 aliphatic heterocycles. The molecule has 48 heavy (non-hydrogen) atoms. The number of nitrogens with one attached hydrogen (secondary N) is 1. The van der Waals surface area contributed by atoms with Gasteiger partial charge in [0, 0.05) is 37.4 Å². The number of aliphatic hydroxyl groups is 1. The van der Waals surface area contributed by atoms with E-state index in [0.717, 1.165) is 18.8 Å². The molecule has 0 aromatic heterocycles. The lowest BCUT2D eigenvalue weighted by Gasteiger charge is -2.39. The maximum Gasteiger partial charge on any atom is 0.312 e.